The summed E-state index contributed by atoms with van der Waals surface area (Å²) in [5.74, 6) is 1.45. The normalized spacial score (nSPS) is 14.7. The third kappa shape index (κ3) is 5.37. The number of aryl methyl sites for hydroxylation is 1. The van der Waals surface area contributed by atoms with Crippen LogP contribution in [0.4, 0.5) is 22.2 Å². The summed E-state index contributed by atoms with van der Waals surface area (Å²) >= 11 is 0. The average molecular weight is 398 g/mol. The van der Waals surface area contributed by atoms with Crippen molar-refractivity contribution in [3.8, 4) is 0 Å². The minimum absolute atomic E-state index is 0.128. The topological polar surface area (TPSA) is 70.6 Å². The summed E-state index contributed by atoms with van der Waals surface area (Å²) in [6, 6.07) is 10.4. The zero-order valence-electron chi connectivity index (χ0n) is 18.0. The maximum Gasteiger partial charge on any atom is 0.409 e. The first-order chi connectivity index (χ1) is 13.8. The summed E-state index contributed by atoms with van der Waals surface area (Å²) in [7, 11) is 0. The van der Waals surface area contributed by atoms with Crippen molar-refractivity contribution in [2.45, 2.75) is 40.0 Å². The number of hydrogen-bond donors (Lipinski definition) is 1. The molecule has 7 nitrogen and oxygen atoms in total. The fourth-order valence-corrected chi connectivity index (χ4v) is 3.26. The molecule has 0 bridgehead atoms. The molecular formula is C22H31N5O2. The molecule has 2 heterocycles. The molecule has 0 aliphatic carbocycles. The van der Waals surface area contributed by atoms with Crippen molar-refractivity contribution in [1.82, 2.24) is 14.9 Å². The van der Waals surface area contributed by atoms with Crippen LogP contribution in [0.3, 0.4) is 0 Å². The smallest absolute Gasteiger partial charge is 0.409 e. The first-order valence-corrected chi connectivity index (χ1v) is 10.2. The van der Waals surface area contributed by atoms with E-state index in [1.54, 1.807) is 4.90 Å². The van der Waals surface area contributed by atoms with Crippen LogP contribution in [-0.2, 0) is 10.2 Å². The van der Waals surface area contributed by atoms with Gasteiger partial charge in [0, 0.05) is 43.6 Å². The number of benzene rings is 1. The highest BCUT2D eigenvalue weighted by Gasteiger charge is 2.23. The van der Waals surface area contributed by atoms with E-state index in [1.807, 2.05) is 19.9 Å². The van der Waals surface area contributed by atoms with E-state index < -0.39 is 0 Å². The van der Waals surface area contributed by atoms with Gasteiger partial charge in [-0.1, -0.05) is 32.9 Å². The lowest BCUT2D eigenvalue weighted by atomic mass is 9.87. The zero-order valence-corrected chi connectivity index (χ0v) is 18.0. The Bertz CT molecular complexity index is 837. The molecule has 7 heteroatoms. The molecule has 0 atom stereocenters. The molecule has 3 rings (SSSR count). The number of rotatable bonds is 4. The second kappa shape index (κ2) is 8.68. The Morgan fingerprint density at radius 2 is 1.76 bits per heavy atom. The molecule has 1 aromatic carbocycles. The van der Waals surface area contributed by atoms with Crippen molar-refractivity contribution in [2.75, 3.05) is 43.0 Å². The molecule has 1 amide bonds. The highest BCUT2D eigenvalue weighted by Crippen LogP contribution is 2.25. The molecule has 156 valence electrons. The Morgan fingerprint density at radius 3 is 2.34 bits per heavy atom. The van der Waals surface area contributed by atoms with Crippen molar-refractivity contribution < 1.29 is 9.53 Å². The van der Waals surface area contributed by atoms with Gasteiger partial charge >= 0.3 is 6.09 Å². The zero-order chi connectivity index (χ0) is 21.0. The molecule has 1 fully saturated rings. The summed E-state index contributed by atoms with van der Waals surface area (Å²) in [6.07, 6.45) is -0.252. The van der Waals surface area contributed by atoms with Gasteiger partial charge in [-0.15, -0.1) is 0 Å². The van der Waals surface area contributed by atoms with Crippen molar-refractivity contribution >= 4 is 23.5 Å². The molecule has 1 aromatic heterocycles. The van der Waals surface area contributed by atoms with Crippen LogP contribution in [0.2, 0.25) is 0 Å². The minimum Gasteiger partial charge on any atom is -0.450 e. The van der Waals surface area contributed by atoms with E-state index in [0.29, 0.717) is 38.7 Å². The van der Waals surface area contributed by atoms with Gasteiger partial charge in [0.2, 0.25) is 5.95 Å². The Kier molecular flexibility index (Phi) is 6.25. The number of nitrogens with one attached hydrogen (secondary N) is 1. The summed E-state index contributed by atoms with van der Waals surface area (Å²) in [5.41, 5.74) is 3.32. The van der Waals surface area contributed by atoms with Crippen LogP contribution in [0.5, 0.6) is 0 Å². The van der Waals surface area contributed by atoms with Crippen molar-refractivity contribution in [3.05, 3.63) is 41.6 Å². The van der Waals surface area contributed by atoms with Gasteiger partial charge in [0.05, 0.1) is 6.61 Å². The van der Waals surface area contributed by atoms with Gasteiger partial charge in [0.15, 0.2) is 0 Å². The fourth-order valence-electron chi connectivity index (χ4n) is 3.26. The van der Waals surface area contributed by atoms with E-state index in [-0.39, 0.29) is 11.5 Å². The second-order valence-electron chi connectivity index (χ2n) is 8.32. The number of anilines is 3. The molecule has 1 N–H and O–H groups in total. The van der Waals surface area contributed by atoms with Gasteiger partial charge in [0.1, 0.15) is 5.82 Å². The van der Waals surface area contributed by atoms with Gasteiger partial charge in [0.25, 0.3) is 0 Å². The molecule has 1 aliphatic heterocycles. The molecule has 0 saturated carbocycles. The van der Waals surface area contributed by atoms with Crippen LogP contribution in [0, 0.1) is 6.92 Å². The third-order valence-corrected chi connectivity index (χ3v) is 4.95. The Balaban J connectivity index is 1.68. The van der Waals surface area contributed by atoms with Crippen molar-refractivity contribution in [3.63, 3.8) is 0 Å². The summed E-state index contributed by atoms with van der Waals surface area (Å²) < 4.78 is 5.08. The van der Waals surface area contributed by atoms with Crippen LogP contribution >= 0.6 is 0 Å². The third-order valence-electron chi connectivity index (χ3n) is 4.95. The number of aromatic nitrogens is 2. The standard InChI is InChI=1S/C22H31N5O2/c1-6-29-21(28)27-13-11-26(12-14-27)20-23-16(2)15-19(25-20)24-18-9-7-17(8-10-18)22(3,4)5/h7-10,15H,6,11-14H2,1-5H3,(H,23,24,25). The van der Waals surface area contributed by atoms with E-state index >= 15 is 0 Å². The van der Waals surface area contributed by atoms with Crippen molar-refractivity contribution in [1.29, 1.82) is 0 Å². The lowest BCUT2D eigenvalue weighted by Gasteiger charge is -2.34. The molecule has 1 aliphatic rings. The molecular weight excluding hydrogens is 366 g/mol. The average Bonchev–Trinajstić information content (AvgIpc) is 2.67. The van der Waals surface area contributed by atoms with Gasteiger partial charge in [-0.2, -0.15) is 4.98 Å². The molecule has 0 radical (unpaired) electrons. The first kappa shape index (κ1) is 20.9. The largest absolute Gasteiger partial charge is 0.450 e. The Labute approximate surface area is 173 Å². The van der Waals surface area contributed by atoms with Crippen LogP contribution in [-0.4, -0.2) is 53.7 Å². The lowest BCUT2D eigenvalue weighted by Crippen LogP contribution is -2.49. The molecule has 0 spiro atoms. The number of hydrogen-bond acceptors (Lipinski definition) is 6. The number of carbonyl (C=O) groups excluding carboxylic acids is 1. The fraction of sp³-hybridized carbons (Fsp3) is 0.500. The lowest BCUT2D eigenvalue weighted by molar-refractivity contribution is 0.105. The Morgan fingerprint density at radius 1 is 1.10 bits per heavy atom. The quantitative estimate of drug-likeness (QED) is 0.837. The predicted molar refractivity (Wildman–Crippen MR) is 116 cm³/mol. The highest BCUT2D eigenvalue weighted by molar-refractivity contribution is 5.68. The van der Waals surface area contributed by atoms with E-state index in [2.05, 4.69) is 60.2 Å². The van der Waals surface area contributed by atoms with E-state index in [0.717, 1.165) is 17.2 Å². The van der Waals surface area contributed by atoms with E-state index in [4.69, 9.17) is 9.72 Å². The SMILES string of the molecule is CCOC(=O)N1CCN(c2nc(C)cc(Nc3ccc(C(C)(C)C)cc3)n2)CC1. The van der Waals surface area contributed by atoms with Crippen LogP contribution in [0.1, 0.15) is 39.0 Å². The van der Waals surface area contributed by atoms with Crippen molar-refractivity contribution in [2.24, 2.45) is 0 Å². The number of piperazine rings is 1. The number of carbonyl (C=O) groups is 1. The molecule has 2 aromatic rings. The maximum atomic E-state index is 11.9. The predicted octanol–water partition coefficient (Wildman–Crippen LogP) is 4.10. The minimum atomic E-state index is -0.252. The summed E-state index contributed by atoms with van der Waals surface area (Å²) in [5, 5.41) is 3.38. The number of amides is 1. The van der Waals surface area contributed by atoms with E-state index in [9.17, 15) is 4.79 Å². The number of nitrogens with zero attached hydrogens (tertiary/aromatic N) is 4. The monoisotopic (exact) mass is 397 g/mol. The number of ether oxygens (including phenoxy) is 1. The van der Waals surface area contributed by atoms with Gasteiger partial charge in [-0.05, 0) is 37.0 Å². The second-order valence-corrected chi connectivity index (χ2v) is 8.32. The van der Waals surface area contributed by atoms with Crippen LogP contribution < -0.4 is 10.2 Å². The highest BCUT2D eigenvalue weighted by atomic mass is 16.6. The molecule has 0 unspecified atom stereocenters. The first-order valence-electron chi connectivity index (χ1n) is 10.2. The molecule has 29 heavy (non-hydrogen) atoms. The Hall–Kier alpha value is -2.83. The summed E-state index contributed by atoms with van der Waals surface area (Å²) in [4.78, 5) is 25.0. The molecule has 1 saturated heterocycles. The van der Waals surface area contributed by atoms with Crippen LogP contribution in [0.15, 0.2) is 30.3 Å². The van der Waals surface area contributed by atoms with E-state index in [1.165, 1.54) is 5.56 Å². The van der Waals surface area contributed by atoms with Gasteiger partial charge < -0.3 is 19.9 Å². The van der Waals surface area contributed by atoms with Gasteiger partial charge in [-0.3, -0.25) is 0 Å². The maximum absolute atomic E-state index is 11.9. The van der Waals surface area contributed by atoms with Crippen LogP contribution in [0.25, 0.3) is 0 Å². The summed E-state index contributed by atoms with van der Waals surface area (Å²) in [6.45, 7) is 13.4. The van der Waals surface area contributed by atoms with Gasteiger partial charge in [-0.25, -0.2) is 9.78 Å².